The van der Waals surface area contributed by atoms with E-state index in [4.69, 9.17) is 5.73 Å². The fraction of sp³-hybridized carbons (Fsp3) is 0.562. The summed E-state index contributed by atoms with van der Waals surface area (Å²) in [5.41, 5.74) is 8.00. The van der Waals surface area contributed by atoms with Gasteiger partial charge in [0.2, 0.25) is 5.91 Å². The van der Waals surface area contributed by atoms with E-state index in [0.717, 1.165) is 17.7 Å². The molecule has 0 saturated heterocycles. The van der Waals surface area contributed by atoms with E-state index in [2.05, 4.69) is 5.32 Å². The molecule has 2 rings (SSSR count). The van der Waals surface area contributed by atoms with Crippen molar-refractivity contribution in [2.45, 2.75) is 51.5 Å². The van der Waals surface area contributed by atoms with E-state index in [9.17, 15) is 4.79 Å². The smallest absolute Gasteiger partial charge is 0.241 e. The van der Waals surface area contributed by atoms with Crippen LogP contribution < -0.4 is 11.1 Å². The van der Waals surface area contributed by atoms with Gasteiger partial charge in [0.1, 0.15) is 0 Å². The number of carbonyl (C=O) groups is 1. The van der Waals surface area contributed by atoms with Gasteiger partial charge in [-0.05, 0) is 37.0 Å². The summed E-state index contributed by atoms with van der Waals surface area (Å²) in [7, 11) is 0. The van der Waals surface area contributed by atoms with Gasteiger partial charge in [0.15, 0.2) is 0 Å². The second-order valence-corrected chi connectivity index (χ2v) is 5.70. The molecule has 1 unspecified atom stereocenters. The molecule has 1 atom stereocenters. The van der Waals surface area contributed by atoms with Crippen LogP contribution in [0.15, 0.2) is 24.3 Å². The Hall–Kier alpha value is -1.35. The van der Waals surface area contributed by atoms with Crippen LogP contribution in [0.5, 0.6) is 0 Å². The highest BCUT2D eigenvalue weighted by Gasteiger charge is 2.21. The molecule has 104 valence electrons. The van der Waals surface area contributed by atoms with Crippen molar-refractivity contribution in [1.29, 1.82) is 0 Å². The Kier molecular flexibility index (Phi) is 4.97. The summed E-state index contributed by atoms with van der Waals surface area (Å²) in [4.78, 5) is 12.1. The van der Waals surface area contributed by atoms with Gasteiger partial charge in [-0.1, -0.05) is 44.2 Å². The molecule has 0 spiro atoms. The maximum absolute atomic E-state index is 12.1. The molecule has 3 heteroatoms. The average Bonchev–Trinajstić information content (AvgIpc) is 2.40. The number of anilines is 1. The van der Waals surface area contributed by atoms with Crippen molar-refractivity contribution in [2.24, 2.45) is 11.7 Å². The average molecular weight is 260 g/mol. The summed E-state index contributed by atoms with van der Waals surface area (Å²) < 4.78 is 0. The molecule has 0 radical (unpaired) electrons. The van der Waals surface area contributed by atoms with Crippen molar-refractivity contribution < 1.29 is 4.79 Å². The van der Waals surface area contributed by atoms with Crippen molar-refractivity contribution in [3.05, 3.63) is 29.8 Å². The molecule has 19 heavy (non-hydrogen) atoms. The van der Waals surface area contributed by atoms with Crippen LogP contribution in [0.3, 0.4) is 0 Å². The van der Waals surface area contributed by atoms with E-state index >= 15 is 0 Å². The Balaban J connectivity index is 1.84. The van der Waals surface area contributed by atoms with E-state index in [1.807, 2.05) is 31.2 Å². The summed E-state index contributed by atoms with van der Waals surface area (Å²) >= 11 is 0. The zero-order valence-electron chi connectivity index (χ0n) is 11.7. The summed E-state index contributed by atoms with van der Waals surface area (Å²) in [5.74, 6) is 0.572. The first kappa shape index (κ1) is 14.1. The number of amides is 1. The molecule has 1 fully saturated rings. The molecule has 0 aliphatic heterocycles. The summed E-state index contributed by atoms with van der Waals surface area (Å²) in [6, 6.07) is 7.43. The first-order valence-electron chi connectivity index (χ1n) is 7.28. The molecular weight excluding hydrogens is 236 g/mol. The Bertz CT molecular complexity index is 425. The molecule has 0 aromatic heterocycles. The lowest BCUT2D eigenvalue weighted by Crippen LogP contribution is -2.37. The van der Waals surface area contributed by atoms with Crippen LogP contribution in [0.25, 0.3) is 0 Å². The number of hydrogen-bond acceptors (Lipinski definition) is 2. The first-order valence-corrected chi connectivity index (χ1v) is 7.28. The number of hydrogen-bond donors (Lipinski definition) is 2. The van der Waals surface area contributed by atoms with Crippen molar-refractivity contribution in [1.82, 2.24) is 0 Å². The molecular formula is C16H24N2O. The molecule has 1 aliphatic rings. The lowest BCUT2D eigenvalue weighted by Gasteiger charge is -2.24. The van der Waals surface area contributed by atoms with Gasteiger partial charge >= 0.3 is 0 Å². The van der Waals surface area contributed by atoms with Crippen molar-refractivity contribution >= 4 is 11.6 Å². The maximum atomic E-state index is 12.1. The number of carbonyl (C=O) groups excluding carboxylic acids is 1. The molecule has 1 aliphatic carbocycles. The Morgan fingerprint density at radius 2 is 2.11 bits per heavy atom. The van der Waals surface area contributed by atoms with E-state index < -0.39 is 0 Å². The van der Waals surface area contributed by atoms with Crippen LogP contribution in [-0.2, 0) is 4.79 Å². The fourth-order valence-corrected chi connectivity index (χ4v) is 2.85. The number of rotatable bonds is 4. The minimum Gasteiger partial charge on any atom is -0.325 e. The molecule has 1 amide bonds. The number of aryl methyl sites for hydroxylation is 1. The van der Waals surface area contributed by atoms with Crippen molar-refractivity contribution in [3.8, 4) is 0 Å². The number of nitrogens with one attached hydrogen (secondary N) is 1. The fourth-order valence-electron chi connectivity index (χ4n) is 2.85. The highest BCUT2D eigenvalue weighted by atomic mass is 16.2. The number of benzene rings is 1. The van der Waals surface area contributed by atoms with Crippen LogP contribution in [-0.4, -0.2) is 11.9 Å². The second-order valence-electron chi connectivity index (χ2n) is 5.70. The van der Waals surface area contributed by atoms with E-state index in [-0.39, 0.29) is 11.9 Å². The van der Waals surface area contributed by atoms with E-state index in [1.54, 1.807) is 0 Å². The van der Waals surface area contributed by atoms with Crippen LogP contribution >= 0.6 is 0 Å². The predicted molar refractivity (Wildman–Crippen MR) is 79.0 cm³/mol. The SMILES string of the molecule is Cc1cccc(NC(=O)C(N)CC2CCCCC2)c1. The zero-order valence-corrected chi connectivity index (χ0v) is 11.7. The summed E-state index contributed by atoms with van der Waals surface area (Å²) in [5, 5.41) is 2.91. The standard InChI is InChI=1S/C16H24N2O/c1-12-6-5-9-14(10-12)18-16(19)15(17)11-13-7-3-2-4-8-13/h5-6,9-10,13,15H,2-4,7-8,11,17H2,1H3,(H,18,19). The van der Waals surface area contributed by atoms with Crippen LogP contribution in [0.4, 0.5) is 5.69 Å². The molecule has 3 N–H and O–H groups in total. The van der Waals surface area contributed by atoms with E-state index in [1.165, 1.54) is 32.1 Å². The predicted octanol–water partition coefficient (Wildman–Crippen LogP) is 3.23. The third-order valence-corrected chi connectivity index (χ3v) is 3.93. The minimum atomic E-state index is -0.386. The Labute approximate surface area is 115 Å². The third kappa shape index (κ3) is 4.35. The number of nitrogens with two attached hydrogens (primary N) is 1. The van der Waals surface area contributed by atoms with Gasteiger partial charge in [-0.2, -0.15) is 0 Å². The second kappa shape index (κ2) is 6.71. The van der Waals surface area contributed by atoms with Crippen LogP contribution in [0.2, 0.25) is 0 Å². The highest BCUT2D eigenvalue weighted by Crippen LogP contribution is 2.27. The topological polar surface area (TPSA) is 55.1 Å². The zero-order chi connectivity index (χ0) is 13.7. The van der Waals surface area contributed by atoms with Gasteiger partial charge in [-0.3, -0.25) is 4.79 Å². The molecule has 0 heterocycles. The molecule has 1 aromatic carbocycles. The molecule has 1 aromatic rings. The van der Waals surface area contributed by atoms with Crippen molar-refractivity contribution in [3.63, 3.8) is 0 Å². The Morgan fingerprint density at radius 3 is 2.79 bits per heavy atom. The first-order chi connectivity index (χ1) is 9.15. The quantitative estimate of drug-likeness (QED) is 0.873. The molecule has 3 nitrogen and oxygen atoms in total. The summed E-state index contributed by atoms with van der Waals surface area (Å²) in [6.07, 6.45) is 7.18. The largest absolute Gasteiger partial charge is 0.325 e. The van der Waals surface area contributed by atoms with Gasteiger partial charge in [-0.15, -0.1) is 0 Å². The minimum absolute atomic E-state index is 0.0591. The normalized spacial score (nSPS) is 18.0. The van der Waals surface area contributed by atoms with Gasteiger partial charge in [0.25, 0.3) is 0 Å². The lowest BCUT2D eigenvalue weighted by molar-refractivity contribution is -0.117. The molecule has 1 saturated carbocycles. The van der Waals surface area contributed by atoms with Crippen LogP contribution in [0.1, 0.15) is 44.1 Å². The van der Waals surface area contributed by atoms with E-state index in [0.29, 0.717) is 5.92 Å². The van der Waals surface area contributed by atoms with Crippen molar-refractivity contribution in [2.75, 3.05) is 5.32 Å². The van der Waals surface area contributed by atoms with Gasteiger partial charge < -0.3 is 11.1 Å². The van der Waals surface area contributed by atoms with Gasteiger partial charge in [0.05, 0.1) is 6.04 Å². The lowest BCUT2D eigenvalue weighted by atomic mass is 9.85. The monoisotopic (exact) mass is 260 g/mol. The highest BCUT2D eigenvalue weighted by molar-refractivity contribution is 5.94. The Morgan fingerprint density at radius 1 is 1.37 bits per heavy atom. The molecule has 0 bridgehead atoms. The van der Waals surface area contributed by atoms with Gasteiger partial charge in [-0.25, -0.2) is 0 Å². The summed E-state index contributed by atoms with van der Waals surface area (Å²) in [6.45, 7) is 2.01. The maximum Gasteiger partial charge on any atom is 0.241 e. The van der Waals surface area contributed by atoms with Crippen LogP contribution in [0, 0.1) is 12.8 Å². The van der Waals surface area contributed by atoms with Gasteiger partial charge in [0, 0.05) is 5.69 Å². The third-order valence-electron chi connectivity index (χ3n) is 3.93.